The first-order chi connectivity index (χ1) is 14.2. The van der Waals surface area contributed by atoms with Crippen LogP contribution in [0.1, 0.15) is 37.2 Å². The third kappa shape index (κ3) is 3.36. The van der Waals surface area contributed by atoms with Gasteiger partial charge in [-0.05, 0) is 55.2 Å². The normalized spacial score (nSPS) is 19.5. The van der Waals surface area contributed by atoms with Crippen LogP contribution in [0.2, 0.25) is 0 Å². The fourth-order valence-corrected chi connectivity index (χ4v) is 4.89. The highest BCUT2D eigenvalue weighted by Crippen LogP contribution is 2.42. The number of nitrogens with one attached hydrogen (secondary N) is 1. The summed E-state index contributed by atoms with van der Waals surface area (Å²) in [5.41, 5.74) is 18.6. The van der Waals surface area contributed by atoms with Gasteiger partial charge in [0.25, 0.3) is 0 Å². The Bertz CT molecular complexity index is 1110. The number of nitrogen functional groups attached to an aromatic ring is 1. The quantitative estimate of drug-likeness (QED) is 0.455. The first-order valence-electron chi connectivity index (χ1n) is 9.98. The van der Waals surface area contributed by atoms with Crippen molar-refractivity contribution in [3.8, 4) is 11.3 Å². The maximum absolute atomic E-state index is 6.56. The third-order valence-corrected chi connectivity index (χ3v) is 6.44. The summed E-state index contributed by atoms with van der Waals surface area (Å²) in [4.78, 5) is 4.74. The molecular weight excluding hydrogens is 380 g/mol. The van der Waals surface area contributed by atoms with Gasteiger partial charge >= 0.3 is 0 Å². The van der Waals surface area contributed by atoms with Crippen molar-refractivity contribution in [3.63, 3.8) is 0 Å². The minimum absolute atomic E-state index is 0.284. The number of imidazole rings is 1. The van der Waals surface area contributed by atoms with Gasteiger partial charge in [0.2, 0.25) is 0 Å². The van der Waals surface area contributed by atoms with Crippen LogP contribution < -0.4 is 16.8 Å². The molecule has 0 unspecified atom stereocenters. The van der Waals surface area contributed by atoms with Crippen molar-refractivity contribution in [2.75, 3.05) is 11.1 Å². The summed E-state index contributed by atoms with van der Waals surface area (Å²) in [5, 5.41) is 12.5. The van der Waals surface area contributed by atoms with E-state index in [9.17, 15) is 0 Å². The molecule has 3 aromatic heterocycles. The molecule has 5 N–H and O–H groups in total. The lowest BCUT2D eigenvalue weighted by molar-refractivity contribution is 0.396. The summed E-state index contributed by atoms with van der Waals surface area (Å²) in [6, 6.07) is 12.5. The van der Waals surface area contributed by atoms with Crippen molar-refractivity contribution in [2.45, 2.75) is 37.6 Å². The minimum atomic E-state index is 0.284. The van der Waals surface area contributed by atoms with Crippen LogP contribution in [0.25, 0.3) is 16.9 Å². The van der Waals surface area contributed by atoms with E-state index in [0.717, 1.165) is 59.5 Å². The molecule has 1 aromatic carbocycles. The van der Waals surface area contributed by atoms with Gasteiger partial charge in [-0.3, -0.25) is 0 Å². The summed E-state index contributed by atoms with van der Waals surface area (Å²) in [5.74, 6) is 0.894. The van der Waals surface area contributed by atoms with Crippen molar-refractivity contribution < 1.29 is 0 Å². The molecule has 5 rings (SSSR count). The fraction of sp³-hybridized carbons (Fsp3) is 0.273. The summed E-state index contributed by atoms with van der Waals surface area (Å²) in [6.45, 7) is 0. The monoisotopic (exact) mass is 404 g/mol. The first kappa shape index (κ1) is 18.1. The molecule has 3 heterocycles. The number of hydrogen-bond donors (Lipinski definition) is 3. The first-order valence-corrected chi connectivity index (χ1v) is 10.9. The molecule has 0 aliphatic heterocycles. The van der Waals surface area contributed by atoms with E-state index in [4.69, 9.17) is 21.5 Å². The van der Waals surface area contributed by atoms with Crippen LogP contribution in [0, 0.1) is 0 Å². The molecule has 0 amide bonds. The molecule has 0 spiro atoms. The molecule has 29 heavy (non-hydrogen) atoms. The lowest BCUT2D eigenvalue weighted by Gasteiger charge is -2.29. The maximum atomic E-state index is 6.56. The summed E-state index contributed by atoms with van der Waals surface area (Å²) < 4.78 is 1.86. The zero-order valence-electron chi connectivity index (χ0n) is 16.1. The van der Waals surface area contributed by atoms with Crippen LogP contribution in [0.15, 0.2) is 53.4 Å². The molecule has 148 valence electrons. The Labute approximate surface area is 173 Å². The molecule has 0 saturated heterocycles. The van der Waals surface area contributed by atoms with Crippen molar-refractivity contribution in [1.82, 2.24) is 14.6 Å². The molecule has 4 aromatic rings. The smallest absolute Gasteiger partial charge is 0.178 e. The van der Waals surface area contributed by atoms with Crippen LogP contribution in [0.4, 0.5) is 17.2 Å². The van der Waals surface area contributed by atoms with E-state index in [0.29, 0.717) is 11.7 Å². The van der Waals surface area contributed by atoms with Gasteiger partial charge in [-0.1, -0.05) is 18.2 Å². The maximum Gasteiger partial charge on any atom is 0.178 e. The number of hydrogen-bond acceptors (Lipinski definition) is 6. The summed E-state index contributed by atoms with van der Waals surface area (Å²) >= 11 is 1.66. The number of nitrogens with zero attached hydrogens (tertiary/aromatic N) is 3. The predicted molar refractivity (Wildman–Crippen MR) is 120 cm³/mol. The van der Waals surface area contributed by atoms with Gasteiger partial charge in [0.15, 0.2) is 5.65 Å². The van der Waals surface area contributed by atoms with Crippen LogP contribution >= 0.6 is 11.3 Å². The van der Waals surface area contributed by atoms with E-state index in [1.807, 2.05) is 28.9 Å². The zero-order chi connectivity index (χ0) is 19.8. The molecular formula is C22H24N6S. The Morgan fingerprint density at radius 1 is 1.07 bits per heavy atom. The van der Waals surface area contributed by atoms with Gasteiger partial charge in [-0.2, -0.15) is 11.3 Å². The average Bonchev–Trinajstić information content (AvgIpc) is 3.39. The van der Waals surface area contributed by atoms with Crippen LogP contribution in [-0.4, -0.2) is 20.6 Å². The van der Waals surface area contributed by atoms with E-state index < -0.39 is 0 Å². The number of anilines is 3. The summed E-state index contributed by atoms with van der Waals surface area (Å²) in [6.07, 6.45) is 5.93. The second kappa shape index (κ2) is 7.50. The number of benzene rings is 1. The Morgan fingerprint density at radius 3 is 2.59 bits per heavy atom. The number of fused-ring (bicyclic) bond motifs is 1. The lowest BCUT2D eigenvalue weighted by Crippen LogP contribution is -2.26. The van der Waals surface area contributed by atoms with Crippen LogP contribution in [-0.2, 0) is 0 Å². The Balaban J connectivity index is 1.68. The molecule has 1 aliphatic rings. The van der Waals surface area contributed by atoms with E-state index in [1.165, 1.54) is 0 Å². The standard InChI is InChI=1S/C22H24N6S/c23-16-8-6-14(7-9-16)19-20(26-17-4-2-1-3-5-17)22-25-12-18(15-10-11-29-13-15)28(22)27-21(19)24/h1-5,10-14,16,26H,6-9,23H2,(H2,24,27)/t14-,16-. The Morgan fingerprint density at radius 2 is 1.86 bits per heavy atom. The van der Waals surface area contributed by atoms with Crippen molar-refractivity contribution in [3.05, 3.63) is 58.9 Å². The Kier molecular flexibility index (Phi) is 4.69. The second-order valence-corrected chi connectivity index (χ2v) is 8.45. The van der Waals surface area contributed by atoms with Gasteiger partial charge < -0.3 is 16.8 Å². The average molecular weight is 405 g/mol. The second-order valence-electron chi connectivity index (χ2n) is 7.67. The third-order valence-electron chi connectivity index (χ3n) is 5.75. The number of aromatic nitrogens is 3. The van der Waals surface area contributed by atoms with Gasteiger partial charge in [-0.15, -0.1) is 5.10 Å². The van der Waals surface area contributed by atoms with Gasteiger partial charge in [0.05, 0.1) is 17.6 Å². The highest BCUT2D eigenvalue weighted by Gasteiger charge is 2.28. The highest BCUT2D eigenvalue weighted by atomic mass is 32.1. The Hall–Kier alpha value is -2.90. The van der Waals surface area contributed by atoms with Crippen molar-refractivity contribution >= 4 is 34.2 Å². The van der Waals surface area contributed by atoms with E-state index in [-0.39, 0.29) is 6.04 Å². The summed E-state index contributed by atoms with van der Waals surface area (Å²) in [7, 11) is 0. The number of nitrogens with two attached hydrogens (primary N) is 2. The lowest BCUT2D eigenvalue weighted by atomic mass is 9.81. The molecule has 1 saturated carbocycles. The topological polar surface area (TPSA) is 94.3 Å². The fourth-order valence-electron chi connectivity index (χ4n) is 4.24. The van der Waals surface area contributed by atoms with E-state index >= 15 is 0 Å². The van der Waals surface area contributed by atoms with Crippen LogP contribution in [0.3, 0.4) is 0 Å². The van der Waals surface area contributed by atoms with E-state index in [1.54, 1.807) is 11.3 Å². The van der Waals surface area contributed by atoms with Gasteiger partial charge in [-0.25, -0.2) is 9.50 Å². The molecule has 1 fully saturated rings. The van der Waals surface area contributed by atoms with Gasteiger partial charge in [0.1, 0.15) is 5.82 Å². The van der Waals surface area contributed by atoms with Gasteiger partial charge in [0, 0.05) is 28.2 Å². The number of thiophene rings is 1. The highest BCUT2D eigenvalue weighted by molar-refractivity contribution is 7.08. The molecule has 0 atom stereocenters. The molecule has 0 radical (unpaired) electrons. The zero-order valence-corrected chi connectivity index (χ0v) is 16.9. The van der Waals surface area contributed by atoms with E-state index in [2.05, 4.69) is 34.3 Å². The minimum Gasteiger partial charge on any atom is -0.382 e. The molecule has 7 heteroatoms. The number of rotatable bonds is 4. The van der Waals surface area contributed by atoms with Crippen LogP contribution in [0.5, 0.6) is 0 Å². The number of para-hydroxylation sites is 1. The largest absolute Gasteiger partial charge is 0.382 e. The van der Waals surface area contributed by atoms with Crippen molar-refractivity contribution in [1.29, 1.82) is 0 Å². The predicted octanol–water partition coefficient (Wildman–Crippen LogP) is 4.77. The molecule has 0 bridgehead atoms. The molecule has 6 nitrogen and oxygen atoms in total. The SMILES string of the molecule is Nc1nn2c(-c3ccsc3)cnc2c(Nc2ccccc2)c1[C@H]1CC[C@H](N)CC1. The molecule has 1 aliphatic carbocycles. The van der Waals surface area contributed by atoms with Crippen molar-refractivity contribution in [2.24, 2.45) is 5.73 Å².